The van der Waals surface area contributed by atoms with Crippen molar-refractivity contribution in [3.63, 3.8) is 0 Å². The number of ether oxygens (including phenoxy) is 1. The summed E-state index contributed by atoms with van der Waals surface area (Å²) in [7, 11) is 0. The Morgan fingerprint density at radius 3 is 2.65 bits per heavy atom. The van der Waals surface area contributed by atoms with Crippen LogP contribution in [0.15, 0.2) is 24.3 Å². The Kier molecular flexibility index (Phi) is 9.62. The number of hydrogen-bond donors (Lipinski definition) is 2. The molecule has 1 saturated heterocycles. The second kappa shape index (κ2) is 11.2. The van der Waals surface area contributed by atoms with Crippen LogP contribution in [0.25, 0.3) is 0 Å². The molecule has 0 aliphatic carbocycles. The van der Waals surface area contributed by atoms with Gasteiger partial charge in [0.2, 0.25) is 5.91 Å². The van der Waals surface area contributed by atoms with E-state index in [2.05, 4.69) is 17.1 Å². The molecule has 1 aliphatic heterocycles. The lowest BCUT2D eigenvalue weighted by molar-refractivity contribution is -0.126. The van der Waals surface area contributed by atoms with Crippen molar-refractivity contribution in [2.24, 2.45) is 5.92 Å². The Bertz CT molecular complexity index is 597. The molecule has 0 aromatic heterocycles. The van der Waals surface area contributed by atoms with Gasteiger partial charge in [0.15, 0.2) is 0 Å². The maximum absolute atomic E-state index is 12.0. The summed E-state index contributed by atoms with van der Waals surface area (Å²) in [5.41, 5.74) is 1.16. The number of carbonyl (C=O) groups is 2. The maximum atomic E-state index is 12.0. The van der Waals surface area contributed by atoms with Crippen molar-refractivity contribution in [2.75, 3.05) is 26.3 Å². The minimum Gasteiger partial charge on any atom is -0.478 e. The average Bonchev–Trinajstić information content (AvgIpc) is 2.94. The van der Waals surface area contributed by atoms with E-state index in [4.69, 9.17) is 4.74 Å². The van der Waals surface area contributed by atoms with E-state index in [0.29, 0.717) is 24.6 Å². The highest BCUT2D eigenvalue weighted by Crippen LogP contribution is 2.24. The lowest BCUT2D eigenvalue weighted by Gasteiger charge is -2.19. The quantitative estimate of drug-likeness (QED) is 0.684. The molecule has 2 N–H and O–H groups in total. The van der Waals surface area contributed by atoms with E-state index < -0.39 is 5.97 Å². The molecule has 2 atom stereocenters. The Labute approximate surface area is 161 Å². The molecule has 1 amide bonds. The van der Waals surface area contributed by atoms with Crippen molar-refractivity contribution in [1.82, 2.24) is 10.2 Å². The number of aromatic carboxylic acids is 1. The van der Waals surface area contributed by atoms with Crippen LogP contribution in [0.4, 0.5) is 0 Å². The second-order valence-electron chi connectivity index (χ2n) is 6.52. The number of carboxylic acid groups (broad SMARTS) is 1. The SMILES string of the molecule is CCC[C@H]1CN(Cc2ccccc2C(=O)O)C[C@@H]1NC(=O)COCC.Cl. The molecule has 2 rings (SSSR count). The third-order valence-corrected chi connectivity index (χ3v) is 4.60. The zero-order valence-electron chi connectivity index (χ0n) is 15.4. The third kappa shape index (κ3) is 6.27. The molecule has 7 heteroatoms. The first-order valence-corrected chi connectivity index (χ1v) is 8.95. The molecule has 6 nitrogen and oxygen atoms in total. The summed E-state index contributed by atoms with van der Waals surface area (Å²) in [6.45, 7) is 6.80. The molecule has 0 radical (unpaired) electrons. The molecule has 1 aliphatic rings. The van der Waals surface area contributed by atoms with Gasteiger partial charge in [-0.15, -0.1) is 12.4 Å². The Hall–Kier alpha value is -1.63. The second-order valence-corrected chi connectivity index (χ2v) is 6.52. The number of likely N-dealkylation sites (tertiary alicyclic amines) is 1. The van der Waals surface area contributed by atoms with Gasteiger partial charge in [0, 0.05) is 32.3 Å². The molecule has 0 unspecified atom stereocenters. The third-order valence-electron chi connectivity index (χ3n) is 4.60. The van der Waals surface area contributed by atoms with Gasteiger partial charge in [0.25, 0.3) is 0 Å². The fraction of sp³-hybridized carbons (Fsp3) is 0.579. The number of nitrogens with one attached hydrogen (secondary N) is 1. The lowest BCUT2D eigenvalue weighted by Crippen LogP contribution is -2.42. The molecule has 1 fully saturated rings. The van der Waals surface area contributed by atoms with E-state index in [-0.39, 0.29) is 31.0 Å². The van der Waals surface area contributed by atoms with Gasteiger partial charge in [-0.3, -0.25) is 9.69 Å². The Balaban J connectivity index is 0.00000338. The van der Waals surface area contributed by atoms with Crippen molar-refractivity contribution < 1.29 is 19.4 Å². The summed E-state index contributed by atoms with van der Waals surface area (Å²) in [4.78, 5) is 25.6. The van der Waals surface area contributed by atoms with Gasteiger partial charge in [-0.2, -0.15) is 0 Å². The first-order chi connectivity index (χ1) is 12.0. The fourth-order valence-electron chi connectivity index (χ4n) is 3.47. The molecular weight excluding hydrogens is 356 g/mol. The zero-order valence-corrected chi connectivity index (χ0v) is 16.3. The predicted octanol–water partition coefficient (Wildman–Crippen LogP) is 2.56. The van der Waals surface area contributed by atoms with Crippen LogP contribution in [0, 0.1) is 5.92 Å². The van der Waals surface area contributed by atoms with E-state index in [9.17, 15) is 14.7 Å². The molecule has 1 aromatic rings. The van der Waals surface area contributed by atoms with Crippen molar-refractivity contribution in [3.8, 4) is 0 Å². The van der Waals surface area contributed by atoms with Crippen LogP contribution in [-0.2, 0) is 16.1 Å². The van der Waals surface area contributed by atoms with Gasteiger partial charge in [-0.05, 0) is 30.9 Å². The number of hydrogen-bond acceptors (Lipinski definition) is 4. The number of carbonyl (C=O) groups excluding carboxylic acids is 1. The van der Waals surface area contributed by atoms with Gasteiger partial charge >= 0.3 is 5.97 Å². The van der Waals surface area contributed by atoms with Gasteiger partial charge < -0.3 is 15.2 Å². The van der Waals surface area contributed by atoms with Crippen LogP contribution in [0.3, 0.4) is 0 Å². The Morgan fingerprint density at radius 1 is 1.27 bits per heavy atom. The Morgan fingerprint density at radius 2 is 2.00 bits per heavy atom. The van der Waals surface area contributed by atoms with Gasteiger partial charge in [0.1, 0.15) is 6.61 Å². The molecule has 1 aromatic carbocycles. The number of rotatable bonds is 9. The highest BCUT2D eigenvalue weighted by Gasteiger charge is 2.33. The molecular formula is C19H29ClN2O4. The summed E-state index contributed by atoms with van der Waals surface area (Å²) < 4.78 is 5.17. The fourth-order valence-corrected chi connectivity index (χ4v) is 3.47. The lowest BCUT2D eigenvalue weighted by atomic mass is 9.98. The summed E-state index contributed by atoms with van der Waals surface area (Å²) >= 11 is 0. The topological polar surface area (TPSA) is 78.9 Å². The molecule has 146 valence electrons. The van der Waals surface area contributed by atoms with Crippen LogP contribution in [0.5, 0.6) is 0 Å². The first kappa shape index (κ1) is 22.4. The molecule has 0 saturated carbocycles. The molecule has 1 heterocycles. The maximum Gasteiger partial charge on any atom is 0.336 e. The highest BCUT2D eigenvalue weighted by molar-refractivity contribution is 5.89. The van der Waals surface area contributed by atoms with E-state index in [0.717, 1.165) is 31.5 Å². The van der Waals surface area contributed by atoms with Crippen LogP contribution in [0.1, 0.15) is 42.6 Å². The standard InChI is InChI=1S/C19H28N2O4.ClH/c1-3-7-15-11-21(12-17(15)20-18(22)13-25-4-2)10-14-8-5-6-9-16(14)19(23)24;/h5-6,8-9,15,17H,3-4,7,10-13H2,1-2H3,(H,20,22)(H,23,24);1H/t15-,17-;/m0./s1. The summed E-state index contributed by atoms with van der Waals surface area (Å²) in [5.74, 6) is -0.602. The van der Waals surface area contributed by atoms with Gasteiger partial charge in [0.05, 0.1) is 5.56 Å². The van der Waals surface area contributed by atoms with Crippen LogP contribution in [-0.4, -0.2) is 54.2 Å². The minimum atomic E-state index is -0.901. The molecule has 0 bridgehead atoms. The van der Waals surface area contributed by atoms with Crippen molar-refractivity contribution >= 4 is 24.3 Å². The van der Waals surface area contributed by atoms with Crippen molar-refractivity contribution in [1.29, 1.82) is 0 Å². The smallest absolute Gasteiger partial charge is 0.336 e. The zero-order chi connectivity index (χ0) is 18.2. The number of nitrogens with zero attached hydrogens (tertiary/aromatic N) is 1. The largest absolute Gasteiger partial charge is 0.478 e. The average molecular weight is 385 g/mol. The minimum absolute atomic E-state index is 0. The highest BCUT2D eigenvalue weighted by atomic mass is 35.5. The van der Waals surface area contributed by atoms with Crippen LogP contribution >= 0.6 is 12.4 Å². The first-order valence-electron chi connectivity index (χ1n) is 8.95. The number of amides is 1. The number of halogens is 1. The number of benzene rings is 1. The predicted molar refractivity (Wildman–Crippen MR) is 103 cm³/mol. The van der Waals surface area contributed by atoms with E-state index >= 15 is 0 Å². The van der Waals surface area contributed by atoms with E-state index in [1.807, 2.05) is 19.1 Å². The summed E-state index contributed by atoms with van der Waals surface area (Å²) in [6.07, 6.45) is 2.10. The van der Waals surface area contributed by atoms with Gasteiger partial charge in [-0.1, -0.05) is 31.5 Å². The number of carboxylic acids is 1. The van der Waals surface area contributed by atoms with Gasteiger partial charge in [-0.25, -0.2) is 4.79 Å². The van der Waals surface area contributed by atoms with Crippen molar-refractivity contribution in [3.05, 3.63) is 35.4 Å². The normalized spacial score (nSPS) is 19.8. The molecule has 26 heavy (non-hydrogen) atoms. The van der Waals surface area contributed by atoms with E-state index in [1.165, 1.54) is 0 Å². The summed E-state index contributed by atoms with van der Waals surface area (Å²) in [5, 5.41) is 12.4. The van der Waals surface area contributed by atoms with Crippen LogP contribution in [0.2, 0.25) is 0 Å². The van der Waals surface area contributed by atoms with E-state index in [1.54, 1.807) is 12.1 Å². The summed E-state index contributed by atoms with van der Waals surface area (Å²) in [6, 6.07) is 7.19. The molecule has 0 spiro atoms. The van der Waals surface area contributed by atoms with Crippen LogP contribution < -0.4 is 5.32 Å². The van der Waals surface area contributed by atoms with Crippen molar-refractivity contribution in [2.45, 2.75) is 39.3 Å². The monoisotopic (exact) mass is 384 g/mol.